The molecule has 1 aliphatic rings. The average molecular weight is 279 g/mol. The molecule has 0 saturated carbocycles. The number of nitrogen functional groups attached to an aromatic ring is 1. The third-order valence-corrected chi connectivity index (χ3v) is 4.38. The van der Waals surface area contributed by atoms with Crippen molar-refractivity contribution in [2.75, 3.05) is 5.73 Å². The van der Waals surface area contributed by atoms with Gasteiger partial charge < -0.3 is 10.8 Å². The number of nitrogens with zero attached hydrogens (tertiary/aromatic N) is 2. The molecule has 0 bridgehead atoms. The van der Waals surface area contributed by atoms with Crippen molar-refractivity contribution in [2.45, 2.75) is 25.9 Å². The number of fused-ring (bicyclic) bond motifs is 2. The number of pyridine rings is 1. The van der Waals surface area contributed by atoms with Crippen molar-refractivity contribution in [1.82, 2.24) is 9.61 Å². The number of hydrogen-bond donors (Lipinski definition) is 2. The van der Waals surface area contributed by atoms with E-state index in [0.717, 1.165) is 47.2 Å². The third-order valence-electron chi connectivity index (χ3n) is 4.38. The van der Waals surface area contributed by atoms with Crippen LogP contribution in [-0.4, -0.2) is 14.7 Å². The molecule has 2 aromatic heterocycles. The minimum absolute atomic E-state index is 0.0112. The number of aromatic nitrogens is 2. The average Bonchev–Trinajstić information content (AvgIpc) is 3.14. The summed E-state index contributed by atoms with van der Waals surface area (Å²) in [6, 6.07) is 8.16. The van der Waals surface area contributed by atoms with E-state index in [1.165, 1.54) is 11.1 Å². The molecule has 0 saturated heterocycles. The molecular formula is C17H17N3O. The fourth-order valence-electron chi connectivity index (χ4n) is 3.38. The fourth-order valence-corrected chi connectivity index (χ4v) is 3.38. The van der Waals surface area contributed by atoms with Gasteiger partial charge in [-0.25, -0.2) is 4.52 Å². The second-order valence-electron chi connectivity index (χ2n) is 5.59. The summed E-state index contributed by atoms with van der Waals surface area (Å²) in [7, 11) is 0. The number of benzene rings is 1. The molecule has 0 spiro atoms. The highest BCUT2D eigenvalue weighted by Crippen LogP contribution is 2.38. The van der Waals surface area contributed by atoms with Gasteiger partial charge in [0.1, 0.15) is 0 Å². The lowest BCUT2D eigenvalue weighted by Gasteiger charge is -2.16. The first-order valence-corrected chi connectivity index (χ1v) is 7.25. The van der Waals surface area contributed by atoms with Crippen LogP contribution < -0.4 is 5.73 Å². The SMILES string of the molecule is Nc1c2c(cc(CO)c1-c1ccn3nccc3c1)CCC2. The van der Waals surface area contributed by atoms with Gasteiger partial charge in [0, 0.05) is 23.6 Å². The zero-order valence-electron chi connectivity index (χ0n) is 11.7. The zero-order valence-corrected chi connectivity index (χ0v) is 11.7. The molecule has 0 atom stereocenters. The Hall–Kier alpha value is -2.33. The molecule has 0 amide bonds. The molecule has 0 unspecified atom stereocenters. The van der Waals surface area contributed by atoms with Crippen LogP contribution in [0.3, 0.4) is 0 Å². The van der Waals surface area contributed by atoms with Crippen LogP contribution in [0.2, 0.25) is 0 Å². The smallest absolute Gasteiger partial charge is 0.0688 e. The van der Waals surface area contributed by atoms with Gasteiger partial charge in [-0.05, 0) is 59.7 Å². The van der Waals surface area contributed by atoms with E-state index in [2.05, 4.69) is 17.2 Å². The van der Waals surface area contributed by atoms with E-state index >= 15 is 0 Å². The molecule has 0 aliphatic heterocycles. The van der Waals surface area contributed by atoms with E-state index in [1.807, 2.05) is 22.8 Å². The number of aliphatic hydroxyl groups excluding tert-OH is 1. The van der Waals surface area contributed by atoms with Crippen LogP contribution in [0.25, 0.3) is 16.6 Å². The molecule has 21 heavy (non-hydrogen) atoms. The maximum Gasteiger partial charge on any atom is 0.0688 e. The molecule has 1 aliphatic carbocycles. The minimum Gasteiger partial charge on any atom is -0.398 e. The normalized spacial score (nSPS) is 13.8. The predicted molar refractivity (Wildman–Crippen MR) is 83.0 cm³/mol. The maximum absolute atomic E-state index is 9.74. The van der Waals surface area contributed by atoms with Crippen molar-refractivity contribution in [3.05, 3.63) is 53.3 Å². The van der Waals surface area contributed by atoms with E-state index in [-0.39, 0.29) is 6.61 Å². The van der Waals surface area contributed by atoms with Crippen molar-refractivity contribution < 1.29 is 5.11 Å². The number of aliphatic hydroxyl groups is 1. The summed E-state index contributed by atoms with van der Waals surface area (Å²) in [5, 5.41) is 13.9. The Kier molecular flexibility index (Phi) is 2.72. The van der Waals surface area contributed by atoms with Crippen molar-refractivity contribution in [1.29, 1.82) is 0 Å². The van der Waals surface area contributed by atoms with Gasteiger partial charge in [-0.3, -0.25) is 0 Å². The van der Waals surface area contributed by atoms with Gasteiger partial charge in [0.15, 0.2) is 0 Å². The van der Waals surface area contributed by atoms with Crippen molar-refractivity contribution in [2.24, 2.45) is 0 Å². The summed E-state index contributed by atoms with van der Waals surface area (Å²) in [4.78, 5) is 0. The summed E-state index contributed by atoms with van der Waals surface area (Å²) in [6.45, 7) is 0.0112. The Labute approximate surface area is 122 Å². The molecule has 4 rings (SSSR count). The monoisotopic (exact) mass is 279 g/mol. The van der Waals surface area contributed by atoms with Gasteiger partial charge in [0.05, 0.1) is 12.1 Å². The maximum atomic E-state index is 9.74. The number of hydrogen-bond acceptors (Lipinski definition) is 3. The Morgan fingerprint density at radius 3 is 3.00 bits per heavy atom. The topological polar surface area (TPSA) is 63.5 Å². The lowest BCUT2D eigenvalue weighted by Crippen LogP contribution is -2.02. The van der Waals surface area contributed by atoms with Crippen LogP contribution in [-0.2, 0) is 19.4 Å². The van der Waals surface area contributed by atoms with Crippen LogP contribution in [0.15, 0.2) is 36.7 Å². The fraction of sp³-hybridized carbons (Fsp3) is 0.235. The Morgan fingerprint density at radius 2 is 2.14 bits per heavy atom. The summed E-state index contributed by atoms with van der Waals surface area (Å²) < 4.78 is 1.83. The number of anilines is 1. The Bertz CT molecular complexity index is 835. The van der Waals surface area contributed by atoms with E-state index in [0.29, 0.717) is 0 Å². The molecule has 106 valence electrons. The summed E-state index contributed by atoms with van der Waals surface area (Å²) in [5.41, 5.74) is 13.8. The lowest BCUT2D eigenvalue weighted by molar-refractivity contribution is 0.282. The lowest BCUT2D eigenvalue weighted by atomic mass is 9.93. The van der Waals surface area contributed by atoms with Gasteiger partial charge in [-0.1, -0.05) is 6.07 Å². The zero-order chi connectivity index (χ0) is 14.4. The molecule has 3 aromatic rings. The third kappa shape index (κ3) is 1.83. The molecule has 1 aromatic carbocycles. The molecule has 3 N–H and O–H groups in total. The first-order valence-electron chi connectivity index (χ1n) is 7.25. The summed E-state index contributed by atoms with van der Waals surface area (Å²) in [5.74, 6) is 0. The van der Waals surface area contributed by atoms with Crippen LogP contribution in [0.5, 0.6) is 0 Å². The first-order chi connectivity index (χ1) is 10.3. The van der Waals surface area contributed by atoms with Crippen molar-refractivity contribution >= 4 is 11.2 Å². The van der Waals surface area contributed by atoms with E-state index in [9.17, 15) is 5.11 Å². The standard InChI is InChI=1S/C17H17N3O/c18-17-15-3-1-2-11(15)8-13(10-21)16(17)12-5-7-20-14(9-12)4-6-19-20/h4-9,21H,1-3,10,18H2. The highest BCUT2D eigenvalue weighted by molar-refractivity contribution is 5.84. The van der Waals surface area contributed by atoms with E-state index < -0.39 is 0 Å². The number of aryl methyl sites for hydroxylation is 1. The van der Waals surface area contributed by atoms with Gasteiger partial charge in [0.25, 0.3) is 0 Å². The molecule has 0 radical (unpaired) electrons. The van der Waals surface area contributed by atoms with Crippen molar-refractivity contribution in [3.8, 4) is 11.1 Å². The highest BCUT2D eigenvalue weighted by Gasteiger charge is 2.20. The molecule has 0 fully saturated rings. The van der Waals surface area contributed by atoms with Gasteiger partial charge in [-0.15, -0.1) is 0 Å². The van der Waals surface area contributed by atoms with Crippen LogP contribution in [0.1, 0.15) is 23.1 Å². The second-order valence-corrected chi connectivity index (χ2v) is 5.59. The van der Waals surface area contributed by atoms with E-state index in [1.54, 1.807) is 6.20 Å². The Morgan fingerprint density at radius 1 is 1.24 bits per heavy atom. The van der Waals surface area contributed by atoms with Crippen LogP contribution in [0.4, 0.5) is 5.69 Å². The van der Waals surface area contributed by atoms with Gasteiger partial charge in [0.2, 0.25) is 0 Å². The van der Waals surface area contributed by atoms with Gasteiger partial charge in [-0.2, -0.15) is 5.10 Å². The summed E-state index contributed by atoms with van der Waals surface area (Å²) in [6.07, 6.45) is 6.95. The summed E-state index contributed by atoms with van der Waals surface area (Å²) >= 11 is 0. The van der Waals surface area contributed by atoms with Crippen molar-refractivity contribution in [3.63, 3.8) is 0 Å². The molecular weight excluding hydrogens is 262 g/mol. The molecule has 4 nitrogen and oxygen atoms in total. The largest absolute Gasteiger partial charge is 0.398 e. The Balaban J connectivity index is 1.98. The molecule has 2 heterocycles. The minimum atomic E-state index is 0.0112. The predicted octanol–water partition coefficient (Wildman–Crippen LogP) is 2.56. The van der Waals surface area contributed by atoms with Crippen LogP contribution >= 0.6 is 0 Å². The number of rotatable bonds is 2. The van der Waals surface area contributed by atoms with Gasteiger partial charge >= 0.3 is 0 Å². The second kappa shape index (κ2) is 4.60. The van der Waals surface area contributed by atoms with E-state index in [4.69, 9.17) is 5.73 Å². The quantitative estimate of drug-likeness (QED) is 0.709. The molecule has 4 heteroatoms. The number of nitrogens with two attached hydrogens (primary N) is 1. The highest BCUT2D eigenvalue weighted by atomic mass is 16.3. The van der Waals surface area contributed by atoms with Crippen LogP contribution in [0, 0.1) is 0 Å². The first kappa shape index (κ1) is 12.4.